The van der Waals surface area contributed by atoms with Crippen LogP contribution in [0.4, 0.5) is 23.1 Å². The van der Waals surface area contributed by atoms with Gasteiger partial charge in [-0.05, 0) is 75.4 Å². The molecule has 0 bridgehead atoms. The second kappa shape index (κ2) is 10.6. The Balaban J connectivity index is 1.59. The molecule has 2 N–H and O–H groups in total. The zero-order valence-electron chi connectivity index (χ0n) is 20.0. The molecule has 2 aromatic carbocycles. The summed E-state index contributed by atoms with van der Waals surface area (Å²) in [5, 5.41) is 6.42. The van der Waals surface area contributed by atoms with E-state index in [1.54, 1.807) is 14.0 Å². The average Bonchev–Trinajstić information content (AvgIpc) is 2.85. The van der Waals surface area contributed by atoms with Crippen molar-refractivity contribution < 1.29 is 14.3 Å². The van der Waals surface area contributed by atoms with Crippen molar-refractivity contribution in [1.82, 2.24) is 19.9 Å². The number of nitrogens with one attached hydrogen (secondary N) is 2. The summed E-state index contributed by atoms with van der Waals surface area (Å²) in [6, 6.07) is 16.8. The van der Waals surface area contributed by atoms with Gasteiger partial charge in [0.05, 0.1) is 13.7 Å². The number of ether oxygens (including phenoxy) is 2. The normalized spacial score (nSPS) is 10.5. The van der Waals surface area contributed by atoms with Crippen molar-refractivity contribution in [3.8, 4) is 17.1 Å². The topological polar surface area (TPSA) is 111 Å². The highest BCUT2D eigenvalue weighted by Crippen LogP contribution is 2.26. The third-order valence-electron chi connectivity index (χ3n) is 5.02. The highest BCUT2D eigenvalue weighted by atomic mass is 16.5. The zero-order chi connectivity index (χ0) is 24.8. The van der Waals surface area contributed by atoms with Gasteiger partial charge in [0, 0.05) is 34.5 Å². The van der Waals surface area contributed by atoms with Crippen LogP contribution in [0.5, 0.6) is 5.75 Å². The molecule has 35 heavy (non-hydrogen) atoms. The quantitative estimate of drug-likeness (QED) is 0.335. The molecule has 0 radical (unpaired) electrons. The third kappa shape index (κ3) is 5.89. The first-order valence-electron chi connectivity index (χ1n) is 11.1. The van der Waals surface area contributed by atoms with Crippen LogP contribution in [0.1, 0.15) is 28.7 Å². The van der Waals surface area contributed by atoms with Gasteiger partial charge >= 0.3 is 5.97 Å². The lowest BCUT2D eigenvalue weighted by Gasteiger charge is -2.13. The summed E-state index contributed by atoms with van der Waals surface area (Å²) < 4.78 is 10.4. The smallest absolute Gasteiger partial charge is 0.343 e. The summed E-state index contributed by atoms with van der Waals surface area (Å²) in [4.78, 5) is 30.3. The van der Waals surface area contributed by atoms with Crippen LogP contribution in [0.25, 0.3) is 11.4 Å². The van der Waals surface area contributed by atoms with Gasteiger partial charge in [0.1, 0.15) is 17.1 Å². The number of esters is 1. The number of aromatic nitrogens is 4. The van der Waals surface area contributed by atoms with Crippen LogP contribution in [0.2, 0.25) is 0 Å². The van der Waals surface area contributed by atoms with Crippen molar-refractivity contribution in [2.75, 3.05) is 24.4 Å². The lowest BCUT2D eigenvalue weighted by atomic mass is 10.2. The van der Waals surface area contributed by atoms with Crippen LogP contribution >= 0.6 is 0 Å². The predicted octanol–water partition coefficient (Wildman–Crippen LogP) is 5.22. The maximum absolute atomic E-state index is 12.5. The lowest BCUT2D eigenvalue weighted by Crippen LogP contribution is -2.11. The number of hydrogen-bond acceptors (Lipinski definition) is 9. The Morgan fingerprint density at radius 3 is 2.11 bits per heavy atom. The minimum atomic E-state index is -0.499. The number of nitrogens with zero attached hydrogens (tertiary/aromatic N) is 4. The van der Waals surface area contributed by atoms with Crippen LogP contribution in [0.3, 0.4) is 0 Å². The van der Waals surface area contributed by atoms with Crippen LogP contribution in [-0.4, -0.2) is 39.6 Å². The Kier molecular flexibility index (Phi) is 7.15. The lowest BCUT2D eigenvalue weighted by molar-refractivity contribution is 0.0526. The highest BCUT2D eigenvalue weighted by molar-refractivity contribution is 5.95. The standard InChI is InChI=1S/C26H26N6O3/c1-5-35-25(33)22-15-27-23(18-6-12-21(34-4)13-7-18)32-24(22)30-19-8-10-20(11-9-19)31-26-28-16(2)14-17(3)29-26/h6-15H,5H2,1-4H3,(H,27,30,32)(H,28,29,31). The van der Waals surface area contributed by atoms with Crippen LogP contribution in [0.15, 0.2) is 60.8 Å². The second-order valence-electron chi connectivity index (χ2n) is 7.71. The zero-order valence-corrected chi connectivity index (χ0v) is 20.0. The van der Waals surface area contributed by atoms with E-state index in [-0.39, 0.29) is 12.2 Å². The van der Waals surface area contributed by atoms with E-state index in [1.807, 2.05) is 68.4 Å². The number of carbonyl (C=O) groups is 1. The fraction of sp³-hybridized carbons (Fsp3) is 0.192. The van der Waals surface area contributed by atoms with Crippen molar-refractivity contribution in [3.05, 3.63) is 77.7 Å². The molecule has 4 aromatic rings. The molecular weight excluding hydrogens is 444 g/mol. The number of benzene rings is 2. The first-order valence-corrected chi connectivity index (χ1v) is 11.1. The molecule has 178 valence electrons. The first kappa shape index (κ1) is 23.6. The largest absolute Gasteiger partial charge is 0.497 e. The Hall–Kier alpha value is -4.53. The van der Waals surface area contributed by atoms with E-state index in [4.69, 9.17) is 9.47 Å². The molecule has 0 spiro atoms. The van der Waals surface area contributed by atoms with Gasteiger partial charge in [0.25, 0.3) is 0 Å². The molecule has 0 aliphatic rings. The summed E-state index contributed by atoms with van der Waals surface area (Å²) in [6.07, 6.45) is 1.47. The average molecular weight is 471 g/mol. The van der Waals surface area contributed by atoms with Crippen LogP contribution < -0.4 is 15.4 Å². The summed E-state index contributed by atoms with van der Waals surface area (Å²) in [6.45, 7) is 5.86. The fourth-order valence-electron chi connectivity index (χ4n) is 3.40. The summed E-state index contributed by atoms with van der Waals surface area (Å²) >= 11 is 0. The molecule has 0 atom stereocenters. The number of hydrogen-bond donors (Lipinski definition) is 2. The molecule has 0 aliphatic carbocycles. The molecule has 0 unspecified atom stereocenters. The maximum Gasteiger partial charge on any atom is 0.343 e. The van der Waals surface area contributed by atoms with Crippen molar-refractivity contribution >= 4 is 29.1 Å². The van der Waals surface area contributed by atoms with Crippen LogP contribution in [-0.2, 0) is 4.74 Å². The van der Waals surface area contributed by atoms with Crippen molar-refractivity contribution in [2.24, 2.45) is 0 Å². The van der Waals surface area contributed by atoms with Gasteiger partial charge in [-0.3, -0.25) is 0 Å². The summed E-state index contributed by atoms with van der Waals surface area (Å²) in [5.74, 6) is 1.58. The number of aryl methyl sites for hydroxylation is 2. The molecular formula is C26H26N6O3. The van der Waals surface area contributed by atoms with E-state index in [9.17, 15) is 4.79 Å². The van der Waals surface area contributed by atoms with Gasteiger partial charge in [-0.15, -0.1) is 0 Å². The van der Waals surface area contributed by atoms with Gasteiger partial charge < -0.3 is 20.1 Å². The third-order valence-corrected chi connectivity index (χ3v) is 5.02. The van der Waals surface area contributed by atoms with E-state index < -0.39 is 5.97 Å². The summed E-state index contributed by atoms with van der Waals surface area (Å²) in [7, 11) is 1.61. The number of rotatable bonds is 8. The summed E-state index contributed by atoms with van der Waals surface area (Å²) in [5.41, 5.74) is 4.38. The first-order chi connectivity index (χ1) is 16.9. The fourth-order valence-corrected chi connectivity index (χ4v) is 3.40. The minimum Gasteiger partial charge on any atom is -0.497 e. The number of anilines is 4. The second-order valence-corrected chi connectivity index (χ2v) is 7.71. The SMILES string of the molecule is CCOC(=O)c1cnc(-c2ccc(OC)cc2)nc1Nc1ccc(Nc2nc(C)cc(C)n2)cc1. The van der Waals surface area contributed by atoms with Crippen molar-refractivity contribution in [1.29, 1.82) is 0 Å². The molecule has 0 aliphatic heterocycles. The van der Waals surface area contributed by atoms with E-state index in [0.717, 1.165) is 34.1 Å². The molecule has 0 amide bonds. The molecule has 0 saturated carbocycles. The van der Waals surface area contributed by atoms with Gasteiger partial charge in [0.2, 0.25) is 5.95 Å². The number of methoxy groups -OCH3 is 1. The molecule has 2 heterocycles. The Morgan fingerprint density at radius 1 is 0.886 bits per heavy atom. The van der Waals surface area contributed by atoms with Crippen LogP contribution in [0, 0.1) is 13.8 Å². The van der Waals surface area contributed by atoms with Gasteiger partial charge in [0.15, 0.2) is 5.82 Å². The monoisotopic (exact) mass is 470 g/mol. The highest BCUT2D eigenvalue weighted by Gasteiger charge is 2.17. The van der Waals surface area contributed by atoms with Gasteiger partial charge in [-0.1, -0.05) is 0 Å². The number of carbonyl (C=O) groups excluding carboxylic acids is 1. The molecule has 9 nitrogen and oxygen atoms in total. The molecule has 2 aromatic heterocycles. The predicted molar refractivity (Wildman–Crippen MR) is 134 cm³/mol. The Morgan fingerprint density at radius 2 is 1.51 bits per heavy atom. The van der Waals surface area contributed by atoms with Crippen molar-refractivity contribution in [3.63, 3.8) is 0 Å². The van der Waals surface area contributed by atoms with Gasteiger partial charge in [-0.25, -0.2) is 24.7 Å². The van der Waals surface area contributed by atoms with Gasteiger partial charge in [-0.2, -0.15) is 0 Å². The van der Waals surface area contributed by atoms with E-state index >= 15 is 0 Å². The molecule has 4 rings (SSSR count). The molecule has 9 heteroatoms. The molecule has 0 fully saturated rings. The van der Waals surface area contributed by atoms with Crippen molar-refractivity contribution in [2.45, 2.75) is 20.8 Å². The maximum atomic E-state index is 12.5. The van der Waals surface area contributed by atoms with E-state index in [0.29, 0.717) is 17.6 Å². The minimum absolute atomic E-state index is 0.245. The molecule has 0 saturated heterocycles. The Labute approximate surface area is 203 Å². The van der Waals surface area contributed by atoms with E-state index in [1.165, 1.54) is 6.20 Å². The van der Waals surface area contributed by atoms with E-state index in [2.05, 4.69) is 30.6 Å². The Bertz CT molecular complexity index is 1300.